The molecule has 3 heterocycles. The van der Waals surface area contributed by atoms with Crippen LogP contribution in [0.25, 0.3) is 21.9 Å². The van der Waals surface area contributed by atoms with Gasteiger partial charge in [-0.05, 0) is 52.9 Å². The number of hydrogen-bond acceptors (Lipinski definition) is 5. The van der Waals surface area contributed by atoms with Crippen molar-refractivity contribution >= 4 is 33.7 Å². The lowest BCUT2D eigenvalue weighted by molar-refractivity contribution is 1.04. The molecule has 0 aliphatic rings. The maximum atomic E-state index is 4.55. The average Bonchev–Trinajstić information content (AvgIpc) is 3.39. The summed E-state index contributed by atoms with van der Waals surface area (Å²) in [5.74, 6) is 1.38. The zero-order chi connectivity index (χ0) is 18.8. The van der Waals surface area contributed by atoms with E-state index in [9.17, 15) is 0 Å². The Kier molecular flexibility index (Phi) is 4.10. The maximum Gasteiger partial charge on any atom is 0.224 e. The molecule has 0 saturated heterocycles. The highest BCUT2D eigenvalue weighted by Crippen LogP contribution is 2.16. The Morgan fingerprint density at radius 3 is 2.68 bits per heavy atom. The van der Waals surface area contributed by atoms with Crippen LogP contribution in [-0.2, 0) is 13.1 Å². The summed E-state index contributed by atoms with van der Waals surface area (Å²) in [6, 6.07) is 16.4. The molecule has 0 spiro atoms. The van der Waals surface area contributed by atoms with E-state index >= 15 is 0 Å². The molecule has 28 heavy (non-hydrogen) atoms. The Hall–Kier alpha value is -3.87. The van der Waals surface area contributed by atoms with Crippen molar-refractivity contribution in [3.63, 3.8) is 0 Å². The molecule has 0 saturated carbocycles. The Balaban J connectivity index is 1.23. The van der Waals surface area contributed by atoms with Crippen LogP contribution in [0.15, 0.2) is 67.3 Å². The number of benzene rings is 2. The molecule has 0 amide bonds. The third kappa shape index (κ3) is 3.37. The van der Waals surface area contributed by atoms with Gasteiger partial charge >= 0.3 is 0 Å². The summed E-state index contributed by atoms with van der Waals surface area (Å²) >= 11 is 0. The van der Waals surface area contributed by atoms with Gasteiger partial charge in [0.2, 0.25) is 5.95 Å². The second-order valence-corrected chi connectivity index (χ2v) is 6.63. The fourth-order valence-corrected chi connectivity index (χ4v) is 3.22. The van der Waals surface area contributed by atoms with Gasteiger partial charge in [-0.3, -0.25) is 0 Å². The molecule has 7 heteroatoms. The van der Waals surface area contributed by atoms with Crippen LogP contribution in [0.3, 0.4) is 0 Å². The van der Waals surface area contributed by atoms with E-state index < -0.39 is 0 Å². The molecule has 5 aromatic rings. The predicted octanol–water partition coefficient (Wildman–Crippen LogP) is 4.06. The average molecular weight is 369 g/mol. The molecule has 7 nitrogen and oxygen atoms in total. The number of aromatic nitrogens is 5. The third-order valence-corrected chi connectivity index (χ3v) is 4.68. The highest BCUT2D eigenvalue weighted by molar-refractivity contribution is 5.80. The van der Waals surface area contributed by atoms with E-state index in [0.717, 1.165) is 27.9 Å². The summed E-state index contributed by atoms with van der Waals surface area (Å²) in [6.45, 7) is 1.34. The minimum Gasteiger partial charge on any atom is -0.366 e. The van der Waals surface area contributed by atoms with Crippen LogP contribution in [0.4, 0.5) is 11.8 Å². The second kappa shape index (κ2) is 7.03. The van der Waals surface area contributed by atoms with Crippen molar-refractivity contribution in [3.05, 3.63) is 78.4 Å². The number of anilines is 2. The number of hydrogen-bond donors (Lipinski definition) is 4. The van der Waals surface area contributed by atoms with E-state index in [0.29, 0.717) is 19.0 Å². The van der Waals surface area contributed by atoms with Crippen molar-refractivity contribution < 1.29 is 0 Å². The Morgan fingerprint density at radius 2 is 1.68 bits per heavy atom. The molecular formula is C21H19N7. The number of fused-ring (bicyclic) bond motifs is 2. The van der Waals surface area contributed by atoms with Gasteiger partial charge in [0, 0.05) is 31.0 Å². The van der Waals surface area contributed by atoms with E-state index in [-0.39, 0.29) is 0 Å². The Bertz CT molecular complexity index is 1140. The molecule has 0 unspecified atom stereocenters. The van der Waals surface area contributed by atoms with E-state index in [2.05, 4.69) is 72.0 Å². The standard InChI is InChI=1S/C21H19N7/c1-3-17-16(5-7-22-17)9-14(1)12-25-21-23-8-6-20(28-21)24-11-15-2-4-18-19(10-15)27-13-26-18/h1-10,13,22H,11-12H2,(H,26,27)(H2,23,24,25,28). The largest absolute Gasteiger partial charge is 0.366 e. The molecule has 0 aliphatic carbocycles. The van der Waals surface area contributed by atoms with Crippen LogP contribution in [0, 0.1) is 0 Å². The number of aromatic amines is 2. The molecule has 0 aliphatic heterocycles. The number of nitrogens with one attached hydrogen (secondary N) is 4. The molecule has 0 radical (unpaired) electrons. The first-order valence-corrected chi connectivity index (χ1v) is 9.12. The normalized spacial score (nSPS) is 11.1. The van der Waals surface area contributed by atoms with Crippen LogP contribution >= 0.6 is 0 Å². The highest BCUT2D eigenvalue weighted by Gasteiger charge is 2.03. The molecule has 5 rings (SSSR count). The molecule has 138 valence electrons. The van der Waals surface area contributed by atoms with E-state index in [4.69, 9.17) is 0 Å². The summed E-state index contributed by atoms with van der Waals surface area (Å²) in [7, 11) is 0. The zero-order valence-electron chi connectivity index (χ0n) is 15.1. The summed E-state index contributed by atoms with van der Waals surface area (Å²) in [5.41, 5.74) is 5.48. The number of H-pyrrole nitrogens is 2. The van der Waals surface area contributed by atoms with Crippen molar-refractivity contribution in [2.75, 3.05) is 10.6 Å². The summed E-state index contributed by atoms with van der Waals surface area (Å²) in [5, 5.41) is 7.84. The van der Waals surface area contributed by atoms with Crippen molar-refractivity contribution in [1.82, 2.24) is 24.9 Å². The van der Waals surface area contributed by atoms with Crippen LogP contribution in [0.1, 0.15) is 11.1 Å². The first kappa shape index (κ1) is 16.3. The topological polar surface area (TPSA) is 94.3 Å². The van der Waals surface area contributed by atoms with E-state index in [1.165, 1.54) is 10.9 Å². The monoisotopic (exact) mass is 369 g/mol. The third-order valence-electron chi connectivity index (χ3n) is 4.68. The first-order chi connectivity index (χ1) is 13.8. The van der Waals surface area contributed by atoms with Crippen molar-refractivity contribution in [2.24, 2.45) is 0 Å². The maximum absolute atomic E-state index is 4.55. The van der Waals surface area contributed by atoms with Crippen LogP contribution < -0.4 is 10.6 Å². The lowest BCUT2D eigenvalue weighted by atomic mass is 10.1. The van der Waals surface area contributed by atoms with Gasteiger partial charge in [0.05, 0.1) is 17.4 Å². The molecule has 0 fully saturated rings. The molecule has 0 atom stereocenters. The fourth-order valence-electron chi connectivity index (χ4n) is 3.22. The summed E-state index contributed by atoms with van der Waals surface area (Å²) in [6.07, 6.45) is 5.41. The minimum absolute atomic E-state index is 0.600. The SMILES string of the molecule is c1cc(NCc2ccc3nc[nH]c3c2)nc(NCc2ccc3[nH]ccc3c2)n1. The van der Waals surface area contributed by atoms with Gasteiger partial charge in [-0.25, -0.2) is 9.97 Å². The van der Waals surface area contributed by atoms with Crippen LogP contribution in [0.5, 0.6) is 0 Å². The number of nitrogens with zero attached hydrogens (tertiary/aromatic N) is 3. The van der Waals surface area contributed by atoms with Gasteiger partial charge in [0.1, 0.15) is 5.82 Å². The lowest BCUT2D eigenvalue weighted by Gasteiger charge is -2.09. The zero-order valence-corrected chi connectivity index (χ0v) is 15.1. The molecular weight excluding hydrogens is 350 g/mol. The molecule has 3 aromatic heterocycles. The molecule has 4 N–H and O–H groups in total. The van der Waals surface area contributed by atoms with Gasteiger partial charge in [-0.2, -0.15) is 4.98 Å². The van der Waals surface area contributed by atoms with Crippen molar-refractivity contribution in [2.45, 2.75) is 13.1 Å². The highest BCUT2D eigenvalue weighted by atomic mass is 15.1. The van der Waals surface area contributed by atoms with Gasteiger partial charge < -0.3 is 20.6 Å². The van der Waals surface area contributed by atoms with Crippen molar-refractivity contribution in [3.8, 4) is 0 Å². The van der Waals surface area contributed by atoms with Gasteiger partial charge in [0.15, 0.2) is 0 Å². The summed E-state index contributed by atoms with van der Waals surface area (Å²) < 4.78 is 0. The lowest BCUT2D eigenvalue weighted by Crippen LogP contribution is -2.06. The molecule has 2 aromatic carbocycles. The van der Waals surface area contributed by atoms with Gasteiger partial charge in [-0.15, -0.1) is 0 Å². The van der Waals surface area contributed by atoms with E-state index in [1.54, 1.807) is 12.5 Å². The van der Waals surface area contributed by atoms with Crippen molar-refractivity contribution in [1.29, 1.82) is 0 Å². The Labute approximate surface area is 161 Å². The van der Waals surface area contributed by atoms with Crippen LogP contribution in [0.2, 0.25) is 0 Å². The minimum atomic E-state index is 0.600. The summed E-state index contributed by atoms with van der Waals surface area (Å²) in [4.78, 5) is 19.4. The Morgan fingerprint density at radius 1 is 0.786 bits per heavy atom. The predicted molar refractivity (Wildman–Crippen MR) is 111 cm³/mol. The smallest absolute Gasteiger partial charge is 0.224 e. The fraction of sp³-hybridized carbons (Fsp3) is 0.0952. The second-order valence-electron chi connectivity index (χ2n) is 6.63. The van der Waals surface area contributed by atoms with E-state index in [1.807, 2.05) is 18.3 Å². The van der Waals surface area contributed by atoms with Crippen LogP contribution in [-0.4, -0.2) is 24.9 Å². The van der Waals surface area contributed by atoms with Gasteiger partial charge in [0.25, 0.3) is 0 Å². The molecule has 0 bridgehead atoms. The number of rotatable bonds is 6. The quantitative estimate of drug-likeness (QED) is 0.362. The van der Waals surface area contributed by atoms with Gasteiger partial charge in [-0.1, -0.05) is 12.1 Å². The first-order valence-electron chi connectivity index (χ1n) is 9.12. The number of imidazole rings is 1.